The van der Waals surface area contributed by atoms with E-state index in [1.165, 1.54) is 15.3 Å². The lowest BCUT2D eigenvalue weighted by Crippen LogP contribution is -2.40. The van der Waals surface area contributed by atoms with Crippen LogP contribution in [-0.4, -0.2) is 64.8 Å². The number of tetrazole rings is 1. The molecular formula is C20H22N6O4S. The van der Waals surface area contributed by atoms with Crippen LogP contribution in [0.1, 0.15) is 21.5 Å². The second kappa shape index (κ2) is 8.82. The third kappa shape index (κ3) is 4.72. The van der Waals surface area contributed by atoms with Gasteiger partial charge in [0, 0.05) is 25.2 Å². The molecule has 3 aromatic rings. The van der Waals surface area contributed by atoms with Crippen LogP contribution in [0.3, 0.4) is 0 Å². The standard InChI is InChI=1S/C20H22N6O4S/c1-30-19-6-5-17-13-25(9-7-15(17)12-19)31(28,29)10-8-21-20(27)16-3-2-4-18(11-16)26-14-22-23-24-26/h2-6,11-12,14H,7-10,13H2,1H3,(H,21,27). The Morgan fingerprint density at radius 2 is 2.06 bits per heavy atom. The van der Waals surface area contributed by atoms with Gasteiger partial charge < -0.3 is 10.1 Å². The van der Waals surface area contributed by atoms with E-state index in [0.29, 0.717) is 30.8 Å². The molecule has 4 rings (SSSR count). The number of aromatic nitrogens is 4. The SMILES string of the molecule is COc1ccc2c(c1)CCN(S(=O)(=O)CCNC(=O)c1cccc(-n3cnnn3)c1)C2. The third-order valence-electron chi connectivity index (χ3n) is 5.15. The number of rotatable bonds is 7. The Kier molecular flexibility index (Phi) is 5.96. The minimum atomic E-state index is -3.51. The van der Waals surface area contributed by atoms with Crippen LogP contribution in [-0.2, 0) is 23.0 Å². The molecule has 1 amide bonds. The molecule has 0 radical (unpaired) electrons. The number of hydrogen-bond acceptors (Lipinski definition) is 7. The number of benzene rings is 2. The van der Waals surface area contributed by atoms with E-state index in [0.717, 1.165) is 16.9 Å². The van der Waals surface area contributed by atoms with Gasteiger partial charge in [0.25, 0.3) is 5.91 Å². The summed E-state index contributed by atoms with van der Waals surface area (Å²) in [6.07, 6.45) is 2.05. The Hall–Kier alpha value is -3.31. The molecule has 0 unspecified atom stereocenters. The van der Waals surface area contributed by atoms with E-state index < -0.39 is 10.0 Å². The highest BCUT2D eigenvalue weighted by atomic mass is 32.2. The van der Waals surface area contributed by atoms with Crippen molar-refractivity contribution < 1.29 is 17.9 Å². The number of nitrogens with zero attached hydrogens (tertiary/aromatic N) is 5. The van der Waals surface area contributed by atoms with Gasteiger partial charge in [0.1, 0.15) is 12.1 Å². The molecular weight excluding hydrogens is 420 g/mol. The summed E-state index contributed by atoms with van der Waals surface area (Å²) in [5.74, 6) is 0.236. The lowest BCUT2D eigenvalue weighted by Gasteiger charge is -2.28. The monoisotopic (exact) mass is 442 g/mol. The van der Waals surface area contributed by atoms with Crippen molar-refractivity contribution in [3.05, 3.63) is 65.5 Å². The molecule has 0 atom stereocenters. The minimum absolute atomic E-state index is 0.0161. The van der Waals surface area contributed by atoms with Crippen LogP contribution in [0.5, 0.6) is 5.75 Å². The van der Waals surface area contributed by atoms with Crippen LogP contribution < -0.4 is 10.1 Å². The molecule has 0 aliphatic carbocycles. The highest BCUT2D eigenvalue weighted by molar-refractivity contribution is 7.89. The van der Waals surface area contributed by atoms with E-state index in [-0.39, 0.29) is 18.2 Å². The van der Waals surface area contributed by atoms with Gasteiger partial charge >= 0.3 is 0 Å². The first kappa shape index (κ1) is 20.9. The summed E-state index contributed by atoms with van der Waals surface area (Å²) in [6.45, 7) is 0.746. The van der Waals surface area contributed by atoms with Gasteiger partial charge in [-0.3, -0.25) is 4.79 Å². The summed E-state index contributed by atoms with van der Waals surface area (Å²) < 4.78 is 33.7. The van der Waals surface area contributed by atoms with E-state index in [9.17, 15) is 13.2 Å². The maximum Gasteiger partial charge on any atom is 0.251 e. The van der Waals surface area contributed by atoms with Crippen LogP contribution in [0.25, 0.3) is 5.69 Å². The second-order valence-corrected chi connectivity index (χ2v) is 9.18. The molecule has 0 spiro atoms. The highest BCUT2D eigenvalue weighted by Crippen LogP contribution is 2.25. The molecule has 2 heterocycles. The number of carbonyl (C=O) groups is 1. The first-order valence-electron chi connectivity index (χ1n) is 9.71. The summed E-state index contributed by atoms with van der Waals surface area (Å²) in [5.41, 5.74) is 3.10. The van der Waals surface area contributed by atoms with E-state index >= 15 is 0 Å². The fourth-order valence-electron chi connectivity index (χ4n) is 3.46. The summed E-state index contributed by atoms with van der Waals surface area (Å²) in [4.78, 5) is 12.5. The maximum absolute atomic E-state index is 12.8. The van der Waals surface area contributed by atoms with Gasteiger partial charge in [0.2, 0.25) is 10.0 Å². The number of sulfonamides is 1. The van der Waals surface area contributed by atoms with Crippen molar-refractivity contribution in [3.8, 4) is 11.4 Å². The number of methoxy groups -OCH3 is 1. The normalized spacial score (nSPS) is 14.1. The molecule has 1 aliphatic rings. The number of nitrogens with one attached hydrogen (secondary N) is 1. The molecule has 0 saturated carbocycles. The van der Waals surface area contributed by atoms with Crippen LogP contribution in [0.2, 0.25) is 0 Å². The van der Waals surface area contributed by atoms with Crippen molar-refractivity contribution in [1.82, 2.24) is 29.8 Å². The fourth-order valence-corrected chi connectivity index (χ4v) is 4.79. The van der Waals surface area contributed by atoms with Crippen molar-refractivity contribution in [1.29, 1.82) is 0 Å². The van der Waals surface area contributed by atoms with Crippen LogP contribution in [0.15, 0.2) is 48.8 Å². The molecule has 10 nitrogen and oxygen atoms in total. The van der Waals surface area contributed by atoms with Gasteiger partial charge in [-0.25, -0.2) is 13.1 Å². The molecule has 162 valence electrons. The van der Waals surface area contributed by atoms with Gasteiger partial charge in [0.15, 0.2) is 0 Å². The van der Waals surface area contributed by atoms with Crippen LogP contribution in [0, 0.1) is 0 Å². The van der Waals surface area contributed by atoms with Crippen molar-refractivity contribution in [2.45, 2.75) is 13.0 Å². The van der Waals surface area contributed by atoms with Crippen molar-refractivity contribution in [2.24, 2.45) is 0 Å². The average molecular weight is 443 g/mol. The highest BCUT2D eigenvalue weighted by Gasteiger charge is 2.26. The molecule has 1 aliphatic heterocycles. The predicted molar refractivity (Wildman–Crippen MR) is 112 cm³/mol. The van der Waals surface area contributed by atoms with E-state index in [2.05, 4.69) is 20.8 Å². The zero-order valence-corrected chi connectivity index (χ0v) is 17.7. The van der Waals surface area contributed by atoms with Crippen LogP contribution >= 0.6 is 0 Å². The Labute approximate surface area is 179 Å². The average Bonchev–Trinajstić information content (AvgIpc) is 3.33. The quantitative estimate of drug-likeness (QED) is 0.574. The van der Waals surface area contributed by atoms with Crippen molar-refractivity contribution in [3.63, 3.8) is 0 Å². The summed E-state index contributed by atoms with van der Waals surface area (Å²) in [6, 6.07) is 12.4. The molecule has 1 N–H and O–H groups in total. The molecule has 0 saturated heterocycles. The maximum atomic E-state index is 12.8. The molecule has 0 fully saturated rings. The minimum Gasteiger partial charge on any atom is -0.497 e. The Balaban J connectivity index is 1.35. The zero-order valence-electron chi connectivity index (χ0n) is 16.9. The van der Waals surface area contributed by atoms with Gasteiger partial charge in [-0.15, -0.1) is 5.10 Å². The van der Waals surface area contributed by atoms with Crippen LogP contribution in [0.4, 0.5) is 0 Å². The number of fused-ring (bicyclic) bond motifs is 1. The van der Waals surface area contributed by atoms with E-state index in [1.54, 1.807) is 31.4 Å². The summed E-state index contributed by atoms with van der Waals surface area (Å²) in [5, 5.41) is 13.6. The summed E-state index contributed by atoms with van der Waals surface area (Å²) in [7, 11) is -1.90. The van der Waals surface area contributed by atoms with Gasteiger partial charge in [0.05, 0.1) is 18.6 Å². The second-order valence-electron chi connectivity index (χ2n) is 7.09. The third-order valence-corrected chi connectivity index (χ3v) is 6.97. The Bertz CT molecular complexity index is 1180. The number of hydrogen-bond donors (Lipinski definition) is 1. The lowest BCUT2D eigenvalue weighted by molar-refractivity contribution is 0.0956. The molecule has 31 heavy (non-hydrogen) atoms. The smallest absolute Gasteiger partial charge is 0.251 e. The molecule has 2 aromatic carbocycles. The molecule has 11 heteroatoms. The van der Waals surface area contributed by atoms with E-state index in [4.69, 9.17) is 4.74 Å². The summed E-state index contributed by atoms with van der Waals surface area (Å²) >= 11 is 0. The van der Waals surface area contributed by atoms with Crippen molar-refractivity contribution >= 4 is 15.9 Å². The number of ether oxygens (including phenoxy) is 1. The Morgan fingerprint density at radius 1 is 1.19 bits per heavy atom. The predicted octanol–water partition coefficient (Wildman–Crippen LogP) is 0.789. The first-order valence-corrected chi connectivity index (χ1v) is 11.3. The van der Waals surface area contributed by atoms with E-state index in [1.807, 2.05) is 18.2 Å². The van der Waals surface area contributed by atoms with Gasteiger partial charge in [-0.05, 0) is 58.3 Å². The zero-order chi connectivity index (χ0) is 21.8. The molecule has 0 bridgehead atoms. The fraction of sp³-hybridized carbons (Fsp3) is 0.300. The lowest BCUT2D eigenvalue weighted by atomic mass is 10.0. The largest absolute Gasteiger partial charge is 0.497 e. The Morgan fingerprint density at radius 3 is 2.84 bits per heavy atom. The number of amides is 1. The van der Waals surface area contributed by atoms with Gasteiger partial charge in [-0.2, -0.15) is 4.31 Å². The number of carbonyl (C=O) groups excluding carboxylic acids is 1. The first-order chi connectivity index (χ1) is 15.0. The molecule has 1 aromatic heterocycles. The van der Waals surface area contributed by atoms with Crippen molar-refractivity contribution in [2.75, 3.05) is 26.0 Å². The topological polar surface area (TPSA) is 119 Å². The van der Waals surface area contributed by atoms with Gasteiger partial charge in [-0.1, -0.05) is 12.1 Å².